The predicted octanol–water partition coefficient (Wildman–Crippen LogP) is 3.51. The first kappa shape index (κ1) is 59.3. The van der Waals surface area contributed by atoms with E-state index in [9.17, 15) is 50.3 Å². The quantitative estimate of drug-likeness (QED) is 0.0797. The number of nitro groups is 1. The van der Waals surface area contributed by atoms with E-state index >= 15 is 0 Å². The molecule has 1 aromatic carbocycles. The molecule has 1 aromatic heterocycles. The maximum absolute atomic E-state index is 14.4. The van der Waals surface area contributed by atoms with Gasteiger partial charge >= 0.3 is 5.97 Å². The summed E-state index contributed by atoms with van der Waals surface area (Å²) in [5.41, 5.74) is -3.68. The summed E-state index contributed by atoms with van der Waals surface area (Å²) < 4.78 is 39.5. The molecule has 6 N–H and O–H groups in total. The Hall–Kier alpha value is -3.58. The summed E-state index contributed by atoms with van der Waals surface area (Å²) in [4.78, 5) is 41.3. The summed E-state index contributed by atoms with van der Waals surface area (Å²) >= 11 is 0. The number of hydrogen-bond donors (Lipinski definition) is 6. The Morgan fingerprint density at radius 2 is 1.62 bits per heavy atom. The number of Topliss-reactive ketones (excluding diaryl/α,β-unsaturated/α-hetero) is 1. The molecule has 3 aliphatic rings. The number of aromatic nitrogens is 3. The number of esters is 1. The maximum Gasteiger partial charge on any atom is 0.311 e. The van der Waals surface area contributed by atoms with Gasteiger partial charge in [0.05, 0.1) is 64.3 Å². The Labute approximate surface area is 423 Å². The van der Waals surface area contributed by atoms with Crippen LogP contribution in [0.15, 0.2) is 30.5 Å². The second-order valence-corrected chi connectivity index (χ2v) is 21.7. The number of carbonyl (C=O) groups is 2. The van der Waals surface area contributed by atoms with Gasteiger partial charge in [0.25, 0.3) is 5.69 Å². The molecular formula is C51H83N5O16. The molecule has 0 radical (unpaired) electrons. The van der Waals surface area contributed by atoms with Crippen molar-refractivity contribution in [3.05, 3.63) is 51.8 Å². The number of carbonyl (C=O) groups excluding carboxylic acids is 2. The van der Waals surface area contributed by atoms with Crippen LogP contribution in [0.1, 0.15) is 126 Å². The van der Waals surface area contributed by atoms with Crippen molar-refractivity contribution in [2.24, 2.45) is 29.6 Å². The van der Waals surface area contributed by atoms with Gasteiger partial charge in [0.2, 0.25) is 0 Å². The topological polar surface area (TPSA) is 288 Å². The minimum atomic E-state index is -2.05. The van der Waals surface area contributed by atoms with Crippen LogP contribution in [0.5, 0.6) is 0 Å². The van der Waals surface area contributed by atoms with Crippen molar-refractivity contribution in [1.82, 2.24) is 19.9 Å². The molecule has 408 valence electrons. The van der Waals surface area contributed by atoms with Crippen LogP contribution in [0.2, 0.25) is 0 Å². The minimum absolute atomic E-state index is 0.0455. The average molecular weight is 1020 g/mol. The lowest BCUT2D eigenvalue weighted by Crippen LogP contribution is -2.61. The van der Waals surface area contributed by atoms with Crippen molar-refractivity contribution in [3.8, 4) is 0 Å². The number of aryl methyl sites for hydroxylation is 1. The molecule has 2 aromatic rings. The number of benzene rings is 1. The molecule has 3 aliphatic heterocycles. The van der Waals surface area contributed by atoms with Crippen molar-refractivity contribution in [1.29, 1.82) is 0 Å². The molecule has 72 heavy (non-hydrogen) atoms. The number of aliphatic hydroxyl groups excluding tert-OH is 4. The number of aliphatic hydroxyl groups is 6. The third-order valence-electron chi connectivity index (χ3n) is 15.8. The lowest BCUT2D eigenvalue weighted by atomic mass is 9.74. The number of likely N-dealkylation sites (N-methyl/N-ethyl adjacent to an activating group) is 1. The van der Waals surface area contributed by atoms with E-state index in [1.165, 1.54) is 40.0 Å². The van der Waals surface area contributed by atoms with Gasteiger partial charge in [0.15, 0.2) is 12.6 Å². The molecule has 3 saturated heterocycles. The lowest BCUT2D eigenvalue weighted by Gasteiger charge is -2.49. The molecule has 21 heteroatoms. The molecule has 5 rings (SSSR count). The zero-order chi connectivity index (χ0) is 53.8. The number of ether oxygens (including phenoxy) is 6. The Morgan fingerprint density at radius 1 is 0.972 bits per heavy atom. The average Bonchev–Trinajstić information content (AvgIpc) is 3.80. The fourth-order valence-corrected chi connectivity index (χ4v) is 11.2. The molecule has 0 saturated carbocycles. The van der Waals surface area contributed by atoms with E-state index in [-0.39, 0.29) is 37.5 Å². The van der Waals surface area contributed by atoms with Gasteiger partial charge in [-0.2, -0.15) is 0 Å². The summed E-state index contributed by atoms with van der Waals surface area (Å²) in [6, 6.07) is 5.21. The van der Waals surface area contributed by atoms with Gasteiger partial charge in [0, 0.05) is 68.2 Å². The van der Waals surface area contributed by atoms with Crippen molar-refractivity contribution >= 4 is 17.4 Å². The molecule has 3 fully saturated rings. The molecule has 0 aliphatic carbocycles. The highest BCUT2D eigenvalue weighted by Crippen LogP contribution is 2.41. The number of ketones is 1. The first-order chi connectivity index (χ1) is 33.6. The number of nitrogens with zero attached hydrogens (tertiary/aromatic N) is 5. The van der Waals surface area contributed by atoms with Crippen LogP contribution in [-0.4, -0.2) is 179 Å². The Kier molecular flexibility index (Phi) is 20.1. The van der Waals surface area contributed by atoms with Gasteiger partial charge in [-0.15, -0.1) is 5.10 Å². The molecule has 2 unspecified atom stereocenters. The number of cyclic esters (lactones) is 1. The molecule has 21 nitrogen and oxygen atoms in total. The monoisotopic (exact) mass is 1020 g/mol. The second-order valence-electron chi connectivity index (χ2n) is 21.7. The third-order valence-corrected chi connectivity index (χ3v) is 15.8. The zero-order valence-corrected chi connectivity index (χ0v) is 44.4. The summed E-state index contributed by atoms with van der Waals surface area (Å²) in [6.45, 7) is 18.4. The third kappa shape index (κ3) is 13.3. The minimum Gasteiger partial charge on any atom is -0.459 e. The van der Waals surface area contributed by atoms with E-state index in [1.54, 1.807) is 64.6 Å². The van der Waals surface area contributed by atoms with Gasteiger partial charge in [-0.1, -0.05) is 52.0 Å². The van der Waals surface area contributed by atoms with Gasteiger partial charge < -0.3 is 64.0 Å². The molecule has 4 heterocycles. The second kappa shape index (κ2) is 24.4. The lowest BCUT2D eigenvalue weighted by molar-refractivity contribution is -0.384. The van der Waals surface area contributed by atoms with Crippen LogP contribution < -0.4 is 0 Å². The molecule has 20 atom stereocenters. The van der Waals surface area contributed by atoms with E-state index in [2.05, 4.69) is 10.3 Å². The smallest absolute Gasteiger partial charge is 0.311 e. The first-order valence-corrected chi connectivity index (χ1v) is 25.5. The fourth-order valence-electron chi connectivity index (χ4n) is 11.2. The van der Waals surface area contributed by atoms with Crippen LogP contribution in [0.4, 0.5) is 5.69 Å². The standard InChI is InChI=1S/C51H83N5O16/c1-14-38-51(11,64)44(60)30(5)41(58)27(2)23-49(9,63)46(31(6)43(32(7)47(62)70-38)71-39-24-50(10,67-13)45(61)33(8)69-39)72-48-42(59)37(22-29(4)68-48)54(12)21-15-16-35-25-55(53-52-35)40(28(3)26-57)34-17-19-36(20-18-34)56(65)66/h17-20,25,27-33,37-40,42-46,48,57,59-61,63-64H,14-16,21-24,26H2,1-13H3/t27-,28?,29-,30+,31+,32-,33+,37+,38-,39+,40?,42-,43+,44-,45+,46-,48+,49-,50-,51-/m1/s1. The first-order valence-electron chi connectivity index (χ1n) is 25.5. The van der Waals surface area contributed by atoms with Crippen LogP contribution in [0, 0.1) is 39.7 Å². The number of methoxy groups -OCH3 is 1. The van der Waals surface area contributed by atoms with Crippen molar-refractivity contribution in [2.75, 3.05) is 27.3 Å². The Bertz CT molecular complexity index is 2090. The zero-order valence-electron chi connectivity index (χ0n) is 44.4. The highest BCUT2D eigenvalue weighted by molar-refractivity contribution is 5.83. The van der Waals surface area contributed by atoms with Gasteiger partial charge in [0.1, 0.15) is 29.7 Å². The number of hydrogen-bond acceptors (Lipinski definition) is 19. The normalized spacial score (nSPS) is 39.5. The Morgan fingerprint density at radius 3 is 2.22 bits per heavy atom. The predicted molar refractivity (Wildman–Crippen MR) is 261 cm³/mol. The summed E-state index contributed by atoms with van der Waals surface area (Å²) in [7, 11) is 3.35. The summed E-state index contributed by atoms with van der Waals surface area (Å²) in [6.07, 6.45) is -7.94. The van der Waals surface area contributed by atoms with Gasteiger partial charge in [-0.3, -0.25) is 19.7 Å². The highest BCUT2D eigenvalue weighted by atomic mass is 16.7. The molecule has 0 amide bonds. The van der Waals surface area contributed by atoms with E-state index in [0.717, 1.165) is 5.56 Å². The van der Waals surface area contributed by atoms with Gasteiger partial charge in [-0.05, 0) is 92.8 Å². The number of non-ortho nitro benzene ring substituents is 1. The highest BCUT2D eigenvalue weighted by Gasteiger charge is 2.53. The fraction of sp³-hybridized carbons (Fsp3) is 0.804. The van der Waals surface area contributed by atoms with Crippen LogP contribution >= 0.6 is 0 Å². The largest absolute Gasteiger partial charge is 0.459 e. The maximum atomic E-state index is 14.4. The van der Waals surface area contributed by atoms with Crippen LogP contribution in [0.25, 0.3) is 0 Å². The van der Waals surface area contributed by atoms with E-state index in [0.29, 0.717) is 31.5 Å². The van der Waals surface area contributed by atoms with E-state index < -0.39 is 131 Å². The van der Waals surface area contributed by atoms with Crippen molar-refractivity contribution in [3.63, 3.8) is 0 Å². The number of rotatable bonds is 16. The molecular weight excluding hydrogens is 939 g/mol. The van der Waals surface area contributed by atoms with Crippen molar-refractivity contribution < 1.29 is 73.6 Å². The molecule has 0 spiro atoms. The van der Waals surface area contributed by atoms with E-state index in [4.69, 9.17) is 28.4 Å². The Balaban J connectivity index is 1.42. The number of nitro benzene ring substituents is 1. The van der Waals surface area contributed by atoms with Crippen LogP contribution in [0.3, 0.4) is 0 Å². The molecule has 0 bridgehead atoms. The van der Waals surface area contributed by atoms with E-state index in [1.807, 2.05) is 25.8 Å². The van der Waals surface area contributed by atoms with Gasteiger partial charge in [-0.25, -0.2) is 4.68 Å². The van der Waals surface area contributed by atoms with Crippen molar-refractivity contribution in [2.45, 2.75) is 205 Å². The summed E-state index contributed by atoms with van der Waals surface area (Å²) in [5, 5.41) is 89.3. The van der Waals surface area contributed by atoms with Crippen LogP contribution in [-0.2, 0) is 44.4 Å². The summed E-state index contributed by atoms with van der Waals surface area (Å²) in [5.74, 6) is -5.63. The SMILES string of the molecule is CC[C@H]1OC(=O)[C@H](C)[C@@H](O[C@H]2C[C@@](C)(OC)[C@@H](O)[C@H](C)O2)[C@H](C)[C@@H](O[C@@H]2O[C@H](C)C[C@H](N(C)CCCc3cn(C(c4ccc([N+](=O)[O-])cc4)C(C)CO)nn3)[C@H]2O)[C@](C)(O)C[C@@H](C)C(=O)[C@H](C)[C@@H](O)[C@]1(C)O.